The van der Waals surface area contributed by atoms with Crippen molar-refractivity contribution in [3.8, 4) is 0 Å². The van der Waals surface area contributed by atoms with Gasteiger partial charge in [0.1, 0.15) is 0 Å². The van der Waals surface area contributed by atoms with Gasteiger partial charge in [-0.2, -0.15) is 0 Å². The Morgan fingerprint density at radius 2 is 1.91 bits per heavy atom. The molecule has 0 aliphatic carbocycles. The summed E-state index contributed by atoms with van der Waals surface area (Å²) in [6.07, 6.45) is 1.79. The van der Waals surface area contributed by atoms with Crippen LogP contribution in [0, 0.1) is 0 Å². The smallest absolute Gasteiger partial charge is 0.318 e. The second kappa shape index (κ2) is 4.22. The molecule has 0 unspecified atom stereocenters. The van der Waals surface area contributed by atoms with Crippen molar-refractivity contribution >= 4 is 25.2 Å². The largest absolute Gasteiger partial charge is 0.450 e. The highest BCUT2D eigenvalue weighted by atomic mass is 35.5. The van der Waals surface area contributed by atoms with Crippen LogP contribution in [-0.2, 0) is 0 Å². The van der Waals surface area contributed by atoms with E-state index in [2.05, 4.69) is 0 Å². The van der Waals surface area contributed by atoms with Crippen LogP contribution >= 0.6 is 11.6 Å². The minimum absolute atomic E-state index is 0.718. The van der Waals surface area contributed by atoms with Gasteiger partial charge in [-0.05, 0) is 17.7 Å². The van der Waals surface area contributed by atoms with Gasteiger partial charge in [0, 0.05) is 5.02 Å². The van der Waals surface area contributed by atoms with Gasteiger partial charge in [0.15, 0.2) is 0 Å². The van der Waals surface area contributed by atoms with E-state index in [0.29, 0.717) is 0 Å². The highest BCUT2D eigenvalue weighted by Crippen LogP contribution is 2.10. The maximum absolute atomic E-state index is 8.34. The van der Waals surface area contributed by atoms with Gasteiger partial charge in [-0.15, -0.1) is 0 Å². The SMILES string of the molecule is O[B]C=Cc1ccc(Cl)cc1. The summed E-state index contributed by atoms with van der Waals surface area (Å²) in [5, 5.41) is 9.06. The van der Waals surface area contributed by atoms with Crippen molar-refractivity contribution in [3.63, 3.8) is 0 Å². The lowest BCUT2D eigenvalue weighted by molar-refractivity contribution is 0.615. The molecule has 0 saturated carbocycles. The zero-order chi connectivity index (χ0) is 8.10. The molecule has 0 spiro atoms. The van der Waals surface area contributed by atoms with E-state index in [9.17, 15) is 0 Å². The average Bonchev–Trinajstić information content (AvgIpc) is 2.04. The Bertz CT molecular complexity index is 243. The van der Waals surface area contributed by atoms with Gasteiger partial charge in [0.2, 0.25) is 0 Å². The van der Waals surface area contributed by atoms with Gasteiger partial charge in [0.05, 0.1) is 0 Å². The Kier molecular flexibility index (Phi) is 3.21. The summed E-state index contributed by atoms with van der Waals surface area (Å²) < 4.78 is 0. The molecule has 1 rings (SSSR count). The number of benzene rings is 1. The Morgan fingerprint density at radius 1 is 1.27 bits per heavy atom. The van der Waals surface area contributed by atoms with Gasteiger partial charge in [-0.1, -0.05) is 35.8 Å². The van der Waals surface area contributed by atoms with Crippen LogP contribution in [0.15, 0.2) is 30.2 Å². The summed E-state index contributed by atoms with van der Waals surface area (Å²) >= 11 is 5.66. The summed E-state index contributed by atoms with van der Waals surface area (Å²) in [6.45, 7) is 0. The summed E-state index contributed by atoms with van der Waals surface area (Å²) in [5.41, 5.74) is 1.01. The van der Waals surface area contributed by atoms with Crippen molar-refractivity contribution in [2.24, 2.45) is 0 Å². The molecule has 0 aliphatic heterocycles. The molecule has 1 radical (unpaired) electrons. The first-order chi connectivity index (χ1) is 5.33. The fourth-order valence-corrected chi connectivity index (χ4v) is 0.854. The van der Waals surface area contributed by atoms with Crippen molar-refractivity contribution in [1.82, 2.24) is 0 Å². The third-order valence-electron chi connectivity index (χ3n) is 1.24. The van der Waals surface area contributed by atoms with Crippen LogP contribution in [0.5, 0.6) is 0 Å². The fraction of sp³-hybridized carbons (Fsp3) is 0. The van der Waals surface area contributed by atoms with Gasteiger partial charge >= 0.3 is 7.48 Å². The van der Waals surface area contributed by atoms with Crippen molar-refractivity contribution in [2.45, 2.75) is 0 Å². The second-order valence-electron chi connectivity index (χ2n) is 2.06. The molecule has 0 fully saturated rings. The van der Waals surface area contributed by atoms with Crippen LogP contribution in [0.25, 0.3) is 6.08 Å². The topological polar surface area (TPSA) is 20.2 Å². The number of hydrogen-bond donors (Lipinski definition) is 1. The number of hydrogen-bond acceptors (Lipinski definition) is 1. The Balaban J connectivity index is 2.73. The third kappa shape index (κ3) is 2.79. The monoisotopic (exact) mass is 165 g/mol. The highest BCUT2D eigenvalue weighted by Gasteiger charge is 1.86. The maximum Gasteiger partial charge on any atom is 0.318 e. The second-order valence-corrected chi connectivity index (χ2v) is 2.50. The van der Waals surface area contributed by atoms with Crippen LogP contribution in [0.1, 0.15) is 5.56 Å². The van der Waals surface area contributed by atoms with Crippen LogP contribution in [0.4, 0.5) is 0 Å². The van der Waals surface area contributed by atoms with E-state index in [1.54, 1.807) is 24.2 Å². The molecule has 1 aromatic carbocycles. The molecule has 0 atom stereocenters. The Labute approximate surface area is 71.6 Å². The lowest BCUT2D eigenvalue weighted by Crippen LogP contribution is -1.77. The minimum atomic E-state index is 0.718. The molecule has 55 valence electrons. The first kappa shape index (κ1) is 8.37. The summed E-state index contributed by atoms with van der Waals surface area (Å²) in [5.74, 6) is 1.56. The van der Waals surface area contributed by atoms with E-state index in [4.69, 9.17) is 16.6 Å². The zero-order valence-corrected chi connectivity index (χ0v) is 6.62. The van der Waals surface area contributed by atoms with E-state index in [-0.39, 0.29) is 0 Å². The average molecular weight is 165 g/mol. The predicted octanol–water partition coefficient (Wildman–Crippen LogP) is 1.92. The molecule has 0 aromatic heterocycles. The van der Waals surface area contributed by atoms with Crippen molar-refractivity contribution < 1.29 is 5.02 Å². The summed E-state index contributed by atoms with van der Waals surface area (Å²) in [7, 11) is 0.995. The van der Waals surface area contributed by atoms with Crippen LogP contribution in [0.3, 0.4) is 0 Å². The highest BCUT2D eigenvalue weighted by molar-refractivity contribution is 6.34. The molecule has 1 nitrogen and oxygen atoms in total. The number of halogens is 1. The maximum atomic E-state index is 8.34. The molecular weight excluding hydrogens is 158 g/mol. The fourth-order valence-electron chi connectivity index (χ4n) is 0.728. The molecule has 0 bridgehead atoms. The van der Waals surface area contributed by atoms with E-state index < -0.39 is 0 Å². The van der Waals surface area contributed by atoms with Crippen LogP contribution < -0.4 is 0 Å². The van der Waals surface area contributed by atoms with Gasteiger partial charge in [0.25, 0.3) is 0 Å². The zero-order valence-electron chi connectivity index (χ0n) is 5.87. The molecule has 11 heavy (non-hydrogen) atoms. The Morgan fingerprint density at radius 3 is 2.45 bits per heavy atom. The summed E-state index contributed by atoms with van der Waals surface area (Å²) in [6, 6.07) is 7.36. The molecule has 1 aromatic rings. The quantitative estimate of drug-likeness (QED) is 0.664. The lowest BCUT2D eigenvalue weighted by Gasteiger charge is -1.91. The van der Waals surface area contributed by atoms with Gasteiger partial charge in [-0.25, -0.2) is 0 Å². The molecule has 0 amide bonds. The van der Waals surface area contributed by atoms with E-state index >= 15 is 0 Å². The predicted molar refractivity (Wildman–Crippen MR) is 48.5 cm³/mol. The van der Waals surface area contributed by atoms with E-state index in [1.807, 2.05) is 12.1 Å². The van der Waals surface area contributed by atoms with E-state index in [1.165, 1.54) is 0 Å². The minimum Gasteiger partial charge on any atom is -0.450 e. The van der Waals surface area contributed by atoms with Crippen molar-refractivity contribution in [2.75, 3.05) is 0 Å². The lowest BCUT2D eigenvalue weighted by atomic mass is 10.0. The van der Waals surface area contributed by atoms with Gasteiger partial charge < -0.3 is 5.02 Å². The molecule has 0 aliphatic rings. The Hall–Kier alpha value is -0.725. The van der Waals surface area contributed by atoms with E-state index in [0.717, 1.165) is 18.1 Å². The third-order valence-corrected chi connectivity index (χ3v) is 1.50. The standard InChI is InChI=1S/C8H7BClO/c10-8-3-1-7(2-4-8)5-6-9-11/h1-6,11H. The molecule has 0 saturated heterocycles. The number of rotatable bonds is 2. The van der Waals surface area contributed by atoms with Gasteiger partial charge in [-0.3, -0.25) is 0 Å². The molecule has 1 N–H and O–H groups in total. The first-order valence-corrected chi connectivity index (χ1v) is 3.60. The molecular formula is C8H7BClO. The van der Waals surface area contributed by atoms with Crippen molar-refractivity contribution in [1.29, 1.82) is 0 Å². The van der Waals surface area contributed by atoms with Crippen LogP contribution in [-0.4, -0.2) is 12.5 Å². The molecule has 0 heterocycles. The normalized spacial score (nSPS) is 10.4. The van der Waals surface area contributed by atoms with Crippen LogP contribution in [0.2, 0.25) is 5.02 Å². The van der Waals surface area contributed by atoms with Crippen molar-refractivity contribution in [3.05, 3.63) is 40.8 Å². The molecule has 3 heteroatoms. The summed E-state index contributed by atoms with van der Waals surface area (Å²) in [4.78, 5) is 0. The first-order valence-electron chi connectivity index (χ1n) is 3.22.